The van der Waals surface area contributed by atoms with Crippen LogP contribution >= 0.6 is 23.4 Å². The van der Waals surface area contributed by atoms with Gasteiger partial charge in [0.1, 0.15) is 10.5 Å². The summed E-state index contributed by atoms with van der Waals surface area (Å²) in [7, 11) is -3.52. The van der Waals surface area contributed by atoms with Crippen molar-refractivity contribution >= 4 is 50.5 Å². The van der Waals surface area contributed by atoms with Crippen molar-refractivity contribution in [1.82, 2.24) is 0 Å². The van der Waals surface area contributed by atoms with Gasteiger partial charge in [-0.05, 0) is 24.1 Å². The summed E-state index contributed by atoms with van der Waals surface area (Å²) in [6.45, 7) is 3.83. The monoisotopic (exact) mass is 414 g/mol. The van der Waals surface area contributed by atoms with Crippen molar-refractivity contribution < 1.29 is 22.8 Å². The highest BCUT2D eigenvalue weighted by Gasteiger charge is 2.42. The van der Waals surface area contributed by atoms with Crippen LogP contribution in [0.3, 0.4) is 0 Å². The Labute approximate surface area is 161 Å². The summed E-state index contributed by atoms with van der Waals surface area (Å²) in [4.78, 5) is 37.0. The molecule has 1 saturated carbocycles. The third-order valence-electron chi connectivity index (χ3n) is 4.67. The number of sulfone groups is 1. The van der Waals surface area contributed by atoms with Crippen molar-refractivity contribution in [2.45, 2.75) is 54.3 Å². The highest BCUT2D eigenvalue weighted by Crippen LogP contribution is 2.43. The lowest BCUT2D eigenvalue weighted by Crippen LogP contribution is -2.35. The number of Topliss-reactive ketones (excluding diaryl/α,β-unsaturated/α-hetero) is 3. The highest BCUT2D eigenvalue weighted by atomic mass is 35.5. The van der Waals surface area contributed by atoms with Gasteiger partial charge in [-0.1, -0.05) is 25.4 Å². The van der Waals surface area contributed by atoms with Crippen LogP contribution in [-0.2, 0) is 25.8 Å². The first-order chi connectivity index (χ1) is 12.1. The lowest BCUT2D eigenvalue weighted by molar-refractivity contribution is -0.133. The fraction of sp³-hybridized carbons (Fsp3) is 0.500. The van der Waals surface area contributed by atoms with Crippen LogP contribution in [0.5, 0.6) is 0 Å². The number of rotatable bonds is 4. The molecule has 140 valence electrons. The summed E-state index contributed by atoms with van der Waals surface area (Å²) in [5, 5.41) is 0.176. The molecule has 2 aliphatic rings. The predicted octanol–water partition coefficient (Wildman–Crippen LogP) is 3.26. The zero-order valence-electron chi connectivity index (χ0n) is 14.5. The molecular weight excluding hydrogens is 396 g/mol. The molecule has 1 aromatic rings. The van der Waals surface area contributed by atoms with Crippen LogP contribution in [0.4, 0.5) is 0 Å². The van der Waals surface area contributed by atoms with Gasteiger partial charge in [0.15, 0.2) is 27.2 Å². The van der Waals surface area contributed by atoms with E-state index in [0.29, 0.717) is 12.0 Å². The predicted molar refractivity (Wildman–Crippen MR) is 101 cm³/mol. The molecule has 8 heteroatoms. The number of carbonyl (C=O) groups excluding carboxylic acids is 3. The molecule has 1 aliphatic carbocycles. The molecule has 1 fully saturated rings. The van der Waals surface area contributed by atoms with Crippen LogP contribution in [0.1, 0.15) is 49.0 Å². The Morgan fingerprint density at radius 1 is 1.19 bits per heavy atom. The number of ketones is 3. The fourth-order valence-corrected chi connectivity index (χ4v) is 7.73. The third-order valence-corrected chi connectivity index (χ3v) is 9.06. The van der Waals surface area contributed by atoms with Gasteiger partial charge >= 0.3 is 0 Å². The molecule has 0 N–H and O–H groups in total. The van der Waals surface area contributed by atoms with Gasteiger partial charge in [0.2, 0.25) is 0 Å². The second kappa shape index (κ2) is 7.09. The Kier molecular flexibility index (Phi) is 5.34. The number of fused-ring (bicyclic) bond motifs is 1. The number of benzene rings is 1. The zero-order valence-corrected chi connectivity index (χ0v) is 16.8. The lowest BCUT2D eigenvalue weighted by atomic mass is 9.81. The van der Waals surface area contributed by atoms with Gasteiger partial charge in [-0.3, -0.25) is 14.4 Å². The van der Waals surface area contributed by atoms with Crippen molar-refractivity contribution in [2.75, 3.05) is 0 Å². The maximum atomic E-state index is 12.8. The van der Waals surface area contributed by atoms with E-state index in [9.17, 15) is 22.8 Å². The largest absolute Gasteiger partial charge is 0.298 e. The minimum Gasteiger partial charge on any atom is -0.298 e. The van der Waals surface area contributed by atoms with E-state index in [4.69, 9.17) is 11.6 Å². The molecule has 0 amide bonds. The van der Waals surface area contributed by atoms with Crippen molar-refractivity contribution in [3.8, 4) is 0 Å². The fourth-order valence-electron chi connectivity index (χ4n) is 3.45. The average Bonchev–Trinajstić information content (AvgIpc) is 2.79. The van der Waals surface area contributed by atoms with E-state index in [1.165, 1.54) is 23.9 Å². The Bertz CT molecular complexity index is 888. The molecule has 1 heterocycles. The first-order valence-electron chi connectivity index (χ1n) is 8.45. The van der Waals surface area contributed by atoms with E-state index in [-0.39, 0.29) is 51.6 Å². The van der Waals surface area contributed by atoms with Crippen LogP contribution in [0.2, 0.25) is 5.02 Å². The normalized spacial score (nSPS) is 22.7. The quantitative estimate of drug-likeness (QED) is 0.555. The Morgan fingerprint density at radius 2 is 1.81 bits per heavy atom. The molecule has 1 aliphatic heterocycles. The van der Waals surface area contributed by atoms with E-state index in [1.807, 2.05) is 13.8 Å². The SMILES string of the molecule is CC(C)SC1Cc2c(ccc(C(=O)C3C(=O)CCCC3=O)c2Cl)S1(=O)=O. The van der Waals surface area contributed by atoms with Crippen molar-refractivity contribution in [3.63, 3.8) is 0 Å². The van der Waals surface area contributed by atoms with Gasteiger partial charge in [0.25, 0.3) is 0 Å². The highest BCUT2D eigenvalue weighted by molar-refractivity contribution is 8.14. The molecule has 0 aromatic heterocycles. The summed E-state index contributed by atoms with van der Waals surface area (Å²) in [5.41, 5.74) is 0.468. The van der Waals surface area contributed by atoms with E-state index in [0.717, 1.165) is 0 Å². The first kappa shape index (κ1) is 19.6. The zero-order chi connectivity index (χ0) is 19.2. The molecule has 1 unspecified atom stereocenters. The summed E-state index contributed by atoms with van der Waals surface area (Å²) in [6.07, 6.45) is 1.08. The topological polar surface area (TPSA) is 85.3 Å². The minimum absolute atomic E-state index is 0.0501. The van der Waals surface area contributed by atoms with Crippen LogP contribution in [0.25, 0.3) is 0 Å². The smallest absolute Gasteiger partial charge is 0.191 e. The van der Waals surface area contributed by atoms with E-state index in [1.54, 1.807) is 0 Å². The maximum Gasteiger partial charge on any atom is 0.191 e. The molecular formula is C18H19ClO5S2. The molecule has 1 atom stereocenters. The van der Waals surface area contributed by atoms with Crippen LogP contribution in [0.15, 0.2) is 17.0 Å². The summed E-state index contributed by atoms with van der Waals surface area (Å²) in [5.74, 6) is -2.70. The van der Waals surface area contributed by atoms with Crippen molar-refractivity contribution in [2.24, 2.45) is 5.92 Å². The number of hydrogen-bond acceptors (Lipinski definition) is 6. The van der Waals surface area contributed by atoms with Gasteiger partial charge in [-0.25, -0.2) is 8.42 Å². The second-order valence-corrected chi connectivity index (χ2v) is 11.4. The third kappa shape index (κ3) is 3.25. The van der Waals surface area contributed by atoms with Crippen molar-refractivity contribution in [1.29, 1.82) is 0 Å². The Hall–Kier alpha value is -1.18. The molecule has 1 aromatic carbocycles. The van der Waals surface area contributed by atoms with Crippen LogP contribution in [0, 0.1) is 5.92 Å². The van der Waals surface area contributed by atoms with E-state index >= 15 is 0 Å². The van der Waals surface area contributed by atoms with E-state index < -0.39 is 26.1 Å². The average molecular weight is 415 g/mol. The summed E-state index contributed by atoms with van der Waals surface area (Å²) >= 11 is 7.71. The van der Waals surface area contributed by atoms with Gasteiger partial charge < -0.3 is 0 Å². The van der Waals surface area contributed by atoms with Crippen LogP contribution < -0.4 is 0 Å². The molecule has 0 spiro atoms. The Morgan fingerprint density at radius 3 is 2.38 bits per heavy atom. The number of halogens is 1. The number of thioether (sulfide) groups is 1. The van der Waals surface area contributed by atoms with Gasteiger partial charge in [0, 0.05) is 30.1 Å². The second-order valence-electron chi connectivity index (χ2n) is 6.85. The molecule has 3 rings (SSSR count). The maximum absolute atomic E-state index is 12.8. The summed E-state index contributed by atoms with van der Waals surface area (Å²) < 4.78 is 24.7. The van der Waals surface area contributed by atoms with Crippen molar-refractivity contribution in [3.05, 3.63) is 28.3 Å². The number of carbonyl (C=O) groups is 3. The molecule has 0 radical (unpaired) electrons. The van der Waals surface area contributed by atoms with Crippen LogP contribution in [-0.4, -0.2) is 35.6 Å². The molecule has 26 heavy (non-hydrogen) atoms. The first-order valence-corrected chi connectivity index (χ1v) is 11.3. The molecule has 0 saturated heterocycles. The summed E-state index contributed by atoms with van der Waals surface area (Å²) in [6, 6.07) is 2.71. The van der Waals surface area contributed by atoms with Gasteiger partial charge in [0.05, 0.1) is 9.92 Å². The molecule has 0 bridgehead atoms. The van der Waals surface area contributed by atoms with Gasteiger partial charge in [-0.15, -0.1) is 11.8 Å². The number of hydrogen-bond donors (Lipinski definition) is 0. The standard InChI is InChI=1S/C18H19ClO5S2/c1-9(2)25-15-8-11-14(26(15,23)24)7-6-10(17(11)19)18(22)16-12(20)4-3-5-13(16)21/h6-7,9,15-16H,3-5,8H2,1-2H3. The molecule has 5 nitrogen and oxygen atoms in total. The minimum atomic E-state index is -3.52. The Balaban J connectivity index is 2.00. The van der Waals surface area contributed by atoms with E-state index in [2.05, 4.69) is 0 Å². The van der Waals surface area contributed by atoms with Gasteiger partial charge in [-0.2, -0.15) is 0 Å². The lowest BCUT2D eigenvalue weighted by Gasteiger charge is -2.19.